The Balaban J connectivity index is 1.61. The van der Waals surface area contributed by atoms with Gasteiger partial charge in [0.1, 0.15) is 10.7 Å². The summed E-state index contributed by atoms with van der Waals surface area (Å²) in [6.07, 6.45) is 3.94. The first kappa shape index (κ1) is 16.0. The standard InChI is InChI=1S/C17H21FN2O3S/c18-13-3-1-2-4-14(13)24(22,23)20-15-11-5-10-6-12(15)9-17(7-10,8-11)16(19)21/h1-4,10-12,15,20H,5-9H2,(H2,19,21). The van der Waals surface area contributed by atoms with Gasteiger partial charge in [-0.1, -0.05) is 12.1 Å². The van der Waals surface area contributed by atoms with Gasteiger partial charge in [-0.15, -0.1) is 0 Å². The highest BCUT2D eigenvalue weighted by Gasteiger charge is 2.58. The molecule has 5 rings (SSSR count). The topological polar surface area (TPSA) is 89.3 Å². The molecular formula is C17H21FN2O3S. The van der Waals surface area contributed by atoms with Crippen molar-refractivity contribution in [1.29, 1.82) is 0 Å². The molecule has 5 nitrogen and oxygen atoms in total. The fourth-order valence-electron chi connectivity index (χ4n) is 5.42. The van der Waals surface area contributed by atoms with Gasteiger partial charge in [0.25, 0.3) is 0 Å². The van der Waals surface area contributed by atoms with Gasteiger partial charge in [0.05, 0.1) is 0 Å². The Bertz CT molecular complexity index is 779. The lowest BCUT2D eigenvalue weighted by atomic mass is 9.48. The van der Waals surface area contributed by atoms with Crippen molar-refractivity contribution in [3.63, 3.8) is 0 Å². The fourth-order valence-corrected chi connectivity index (χ4v) is 6.88. The Morgan fingerprint density at radius 2 is 1.79 bits per heavy atom. The Morgan fingerprint density at radius 1 is 1.17 bits per heavy atom. The lowest BCUT2D eigenvalue weighted by Crippen LogP contribution is -2.61. The van der Waals surface area contributed by atoms with Crippen LogP contribution in [0.25, 0.3) is 0 Å². The first-order valence-corrected chi connectivity index (χ1v) is 9.86. The first-order valence-electron chi connectivity index (χ1n) is 8.37. The molecule has 24 heavy (non-hydrogen) atoms. The monoisotopic (exact) mass is 352 g/mol. The Morgan fingerprint density at radius 3 is 2.38 bits per heavy atom. The van der Waals surface area contributed by atoms with Crippen molar-refractivity contribution in [3.8, 4) is 0 Å². The number of nitrogens with one attached hydrogen (secondary N) is 1. The maximum absolute atomic E-state index is 13.9. The van der Waals surface area contributed by atoms with E-state index in [1.54, 1.807) is 0 Å². The van der Waals surface area contributed by atoms with Crippen molar-refractivity contribution < 1.29 is 17.6 Å². The molecule has 4 aliphatic rings. The molecule has 7 heteroatoms. The number of carbonyl (C=O) groups excluding carboxylic acids is 1. The predicted molar refractivity (Wildman–Crippen MR) is 85.7 cm³/mol. The quantitative estimate of drug-likeness (QED) is 0.866. The van der Waals surface area contributed by atoms with Crippen LogP contribution < -0.4 is 10.5 Å². The van der Waals surface area contributed by atoms with Crippen molar-refractivity contribution in [2.75, 3.05) is 0 Å². The van der Waals surface area contributed by atoms with Crippen molar-refractivity contribution in [2.24, 2.45) is 28.9 Å². The molecule has 1 aromatic carbocycles. The maximum atomic E-state index is 13.9. The van der Waals surface area contributed by atoms with Crippen LogP contribution in [0.2, 0.25) is 0 Å². The van der Waals surface area contributed by atoms with Crippen LogP contribution in [-0.2, 0) is 14.8 Å². The number of hydrogen-bond acceptors (Lipinski definition) is 3. The Kier molecular flexibility index (Phi) is 3.51. The van der Waals surface area contributed by atoms with Crippen LogP contribution in [0.1, 0.15) is 32.1 Å². The summed E-state index contributed by atoms with van der Waals surface area (Å²) >= 11 is 0. The highest BCUT2D eigenvalue weighted by molar-refractivity contribution is 7.89. The number of sulfonamides is 1. The highest BCUT2D eigenvalue weighted by Crippen LogP contribution is 2.60. The summed E-state index contributed by atoms with van der Waals surface area (Å²) < 4.78 is 41.8. The van der Waals surface area contributed by atoms with Gasteiger partial charge >= 0.3 is 0 Å². The van der Waals surface area contributed by atoms with Gasteiger partial charge in [0, 0.05) is 11.5 Å². The minimum atomic E-state index is -3.92. The molecule has 0 spiro atoms. The van der Waals surface area contributed by atoms with E-state index >= 15 is 0 Å². The van der Waals surface area contributed by atoms with Crippen LogP contribution in [-0.4, -0.2) is 20.4 Å². The van der Waals surface area contributed by atoms with Gasteiger partial charge in [-0.25, -0.2) is 17.5 Å². The average molecular weight is 352 g/mol. The van der Waals surface area contributed by atoms with E-state index in [1.807, 2.05) is 0 Å². The molecule has 3 N–H and O–H groups in total. The molecule has 0 aromatic heterocycles. The lowest BCUT2D eigenvalue weighted by molar-refractivity contribution is -0.145. The summed E-state index contributed by atoms with van der Waals surface area (Å²) in [4.78, 5) is 11.6. The van der Waals surface area contributed by atoms with Crippen LogP contribution in [0.5, 0.6) is 0 Å². The highest BCUT2D eigenvalue weighted by atomic mass is 32.2. The van der Waals surface area contributed by atoms with E-state index in [1.165, 1.54) is 18.2 Å². The molecule has 1 aromatic rings. The molecular weight excluding hydrogens is 331 g/mol. The summed E-state index contributed by atoms with van der Waals surface area (Å²) in [5.41, 5.74) is 5.19. The fraction of sp³-hybridized carbons (Fsp3) is 0.588. The zero-order valence-electron chi connectivity index (χ0n) is 13.2. The number of halogens is 1. The number of rotatable bonds is 4. The van der Waals surface area contributed by atoms with E-state index in [4.69, 9.17) is 5.73 Å². The van der Waals surface area contributed by atoms with E-state index in [2.05, 4.69) is 4.72 Å². The van der Waals surface area contributed by atoms with Crippen LogP contribution in [0.4, 0.5) is 4.39 Å². The molecule has 0 aliphatic heterocycles. The minimum Gasteiger partial charge on any atom is -0.369 e. The van der Waals surface area contributed by atoms with Crippen molar-refractivity contribution in [3.05, 3.63) is 30.1 Å². The second-order valence-electron chi connectivity index (χ2n) is 7.69. The number of benzene rings is 1. The molecule has 4 saturated carbocycles. The second-order valence-corrected chi connectivity index (χ2v) is 9.37. The molecule has 2 unspecified atom stereocenters. The minimum absolute atomic E-state index is 0.102. The molecule has 0 saturated heterocycles. The van der Waals surface area contributed by atoms with Crippen LogP contribution in [0.15, 0.2) is 29.2 Å². The molecule has 1 amide bonds. The zero-order chi connectivity index (χ0) is 17.1. The Hall–Kier alpha value is -1.47. The van der Waals surface area contributed by atoms with E-state index in [0.29, 0.717) is 18.8 Å². The number of primary amides is 1. The maximum Gasteiger partial charge on any atom is 0.243 e. The molecule has 0 radical (unpaired) electrons. The van der Waals surface area contributed by atoms with Gasteiger partial charge in [-0.05, 0) is 62.0 Å². The number of amides is 1. The molecule has 0 heterocycles. The largest absolute Gasteiger partial charge is 0.369 e. The summed E-state index contributed by atoms with van der Waals surface area (Å²) in [6.45, 7) is 0. The van der Waals surface area contributed by atoms with E-state index < -0.39 is 21.3 Å². The third kappa shape index (κ3) is 2.37. The number of carbonyl (C=O) groups is 1. The molecule has 130 valence electrons. The summed E-state index contributed by atoms with van der Waals surface area (Å²) in [5, 5.41) is 0. The van der Waals surface area contributed by atoms with Crippen molar-refractivity contribution in [2.45, 2.75) is 43.0 Å². The first-order chi connectivity index (χ1) is 11.3. The van der Waals surface area contributed by atoms with Gasteiger partial charge in [0.15, 0.2) is 0 Å². The molecule has 4 bridgehead atoms. The van der Waals surface area contributed by atoms with E-state index in [0.717, 1.165) is 25.3 Å². The van der Waals surface area contributed by atoms with Crippen molar-refractivity contribution in [1.82, 2.24) is 4.72 Å². The average Bonchev–Trinajstić information content (AvgIpc) is 2.50. The molecule has 4 fully saturated rings. The van der Waals surface area contributed by atoms with Gasteiger partial charge in [0.2, 0.25) is 15.9 Å². The lowest BCUT2D eigenvalue weighted by Gasteiger charge is -2.58. The van der Waals surface area contributed by atoms with Crippen molar-refractivity contribution >= 4 is 15.9 Å². The summed E-state index contributed by atoms with van der Waals surface area (Å²) in [6, 6.07) is 5.16. The third-order valence-corrected chi connectivity index (χ3v) is 7.71. The smallest absolute Gasteiger partial charge is 0.243 e. The Labute approximate surface area is 140 Å². The van der Waals surface area contributed by atoms with Gasteiger partial charge < -0.3 is 5.73 Å². The molecule has 2 atom stereocenters. The third-order valence-electron chi connectivity index (χ3n) is 6.21. The second kappa shape index (κ2) is 5.26. The SMILES string of the molecule is NC(=O)C12CC3CC(C1)C(NS(=O)(=O)c1ccccc1F)C(C3)C2. The van der Waals surface area contributed by atoms with Crippen LogP contribution >= 0.6 is 0 Å². The van der Waals surface area contributed by atoms with Gasteiger partial charge in [-0.2, -0.15) is 0 Å². The summed E-state index contributed by atoms with van der Waals surface area (Å²) in [7, 11) is -3.92. The molecule has 4 aliphatic carbocycles. The van der Waals surface area contributed by atoms with Crippen LogP contribution in [0, 0.1) is 29.0 Å². The summed E-state index contributed by atoms with van der Waals surface area (Å²) in [5.74, 6) is -0.348. The zero-order valence-corrected chi connectivity index (χ0v) is 14.1. The van der Waals surface area contributed by atoms with E-state index in [9.17, 15) is 17.6 Å². The number of hydrogen-bond donors (Lipinski definition) is 2. The predicted octanol–water partition coefficient (Wildman–Crippen LogP) is 1.78. The van der Waals surface area contributed by atoms with Gasteiger partial charge in [-0.3, -0.25) is 4.79 Å². The normalized spacial score (nSPS) is 37.5. The van der Waals surface area contributed by atoms with E-state index in [-0.39, 0.29) is 28.7 Å². The number of nitrogens with two attached hydrogens (primary N) is 1. The van der Waals surface area contributed by atoms with Crippen LogP contribution in [0.3, 0.4) is 0 Å².